The quantitative estimate of drug-likeness (QED) is 0.905. The zero-order valence-electron chi connectivity index (χ0n) is 13.0. The summed E-state index contributed by atoms with van der Waals surface area (Å²) >= 11 is 0. The summed E-state index contributed by atoms with van der Waals surface area (Å²) in [4.78, 5) is 14.5. The number of piperidine rings is 1. The largest absolute Gasteiger partial charge is 0.465 e. The minimum atomic E-state index is -0.0736. The second-order valence-electron chi connectivity index (χ2n) is 6.80. The highest BCUT2D eigenvalue weighted by Gasteiger charge is 2.28. The van der Waals surface area contributed by atoms with E-state index in [1.54, 1.807) is 0 Å². The van der Waals surface area contributed by atoms with Gasteiger partial charge in [-0.2, -0.15) is 0 Å². The van der Waals surface area contributed by atoms with Crippen LogP contribution < -0.4 is 5.73 Å². The first-order valence-corrected chi connectivity index (χ1v) is 7.43. The monoisotopic (exact) mass is 278 g/mol. The van der Waals surface area contributed by atoms with Gasteiger partial charge in [-0.05, 0) is 38.3 Å². The van der Waals surface area contributed by atoms with Gasteiger partial charge in [-0.15, -0.1) is 0 Å². The summed E-state index contributed by atoms with van der Waals surface area (Å²) in [6.45, 7) is 10.5. The molecule has 1 aliphatic rings. The van der Waals surface area contributed by atoms with Crippen LogP contribution in [0.1, 0.15) is 55.5 Å². The molecule has 0 spiro atoms. The van der Waals surface area contributed by atoms with Gasteiger partial charge in [-0.1, -0.05) is 20.8 Å². The Morgan fingerprint density at radius 2 is 2.00 bits per heavy atom. The van der Waals surface area contributed by atoms with Crippen molar-refractivity contribution in [3.05, 3.63) is 23.2 Å². The molecule has 1 aromatic heterocycles. The molecule has 0 aromatic carbocycles. The third-order valence-corrected chi connectivity index (χ3v) is 4.12. The van der Waals surface area contributed by atoms with Crippen molar-refractivity contribution in [3.8, 4) is 0 Å². The van der Waals surface area contributed by atoms with Gasteiger partial charge in [0.1, 0.15) is 11.5 Å². The molecule has 4 nitrogen and oxygen atoms in total. The number of nitrogens with zero attached hydrogens (tertiary/aromatic N) is 1. The lowest BCUT2D eigenvalue weighted by Crippen LogP contribution is -2.40. The van der Waals surface area contributed by atoms with Crippen molar-refractivity contribution in [2.45, 2.75) is 46.0 Å². The molecule has 1 aromatic rings. The summed E-state index contributed by atoms with van der Waals surface area (Å²) < 4.78 is 5.77. The molecule has 2 heterocycles. The summed E-state index contributed by atoms with van der Waals surface area (Å²) in [5.41, 5.74) is 6.33. The van der Waals surface area contributed by atoms with Gasteiger partial charge >= 0.3 is 0 Å². The smallest absolute Gasteiger partial charge is 0.257 e. The highest BCUT2D eigenvalue weighted by molar-refractivity contribution is 5.95. The van der Waals surface area contributed by atoms with Gasteiger partial charge in [0.05, 0.1) is 5.56 Å². The molecule has 0 unspecified atom stereocenters. The highest BCUT2D eigenvalue weighted by Crippen LogP contribution is 2.28. The topological polar surface area (TPSA) is 59.5 Å². The lowest BCUT2D eigenvalue weighted by Gasteiger charge is -2.31. The van der Waals surface area contributed by atoms with Crippen molar-refractivity contribution in [3.63, 3.8) is 0 Å². The molecular formula is C16H26N2O2. The van der Waals surface area contributed by atoms with E-state index in [9.17, 15) is 4.79 Å². The van der Waals surface area contributed by atoms with Crippen LogP contribution in [0, 0.1) is 12.8 Å². The number of hydrogen-bond acceptors (Lipinski definition) is 3. The van der Waals surface area contributed by atoms with Crippen LogP contribution in [0.3, 0.4) is 0 Å². The van der Waals surface area contributed by atoms with E-state index in [-0.39, 0.29) is 11.3 Å². The number of hydrogen-bond donors (Lipinski definition) is 1. The van der Waals surface area contributed by atoms with E-state index in [0.29, 0.717) is 11.5 Å². The molecule has 2 N–H and O–H groups in total. The van der Waals surface area contributed by atoms with Crippen LogP contribution in [0.25, 0.3) is 0 Å². The second-order valence-corrected chi connectivity index (χ2v) is 6.80. The zero-order chi connectivity index (χ0) is 14.9. The van der Waals surface area contributed by atoms with Gasteiger partial charge in [0.25, 0.3) is 5.91 Å². The lowest BCUT2D eigenvalue weighted by atomic mass is 9.93. The standard InChI is InChI=1S/C16H26N2O2/c1-11-13(9-14(20-11)16(2,3)4)15(19)18-7-5-12(10-17)6-8-18/h9,12H,5-8,10,17H2,1-4H3. The van der Waals surface area contributed by atoms with E-state index in [4.69, 9.17) is 10.2 Å². The molecule has 20 heavy (non-hydrogen) atoms. The van der Waals surface area contributed by atoms with E-state index in [1.807, 2.05) is 17.9 Å². The Balaban J connectivity index is 2.12. The number of amides is 1. The average Bonchev–Trinajstić information content (AvgIpc) is 2.80. The predicted molar refractivity (Wildman–Crippen MR) is 79.8 cm³/mol. The third kappa shape index (κ3) is 3.06. The number of carbonyl (C=O) groups is 1. The van der Waals surface area contributed by atoms with Gasteiger partial charge in [0.15, 0.2) is 0 Å². The Labute approximate surface area is 121 Å². The van der Waals surface area contributed by atoms with Crippen LogP contribution >= 0.6 is 0 Å². The predicted octanol–water partition coefficient (Wildman–Crippen LogP) is 2.70. The molecule has 1 saturated heterocycles. The normalized spacial score (nSPS) is 17.6. The molecule has 0 aliphatic carbocycles. The summed E-state index contributed by atoms with van der Waals surface area (Å²) in [6, 6.07) is 1.91. The Morgan fingerprint density at radius 3 is 2.45 bits per heavy atom. The molecule has 0 radical (unpaired) electrons. The fraction of sp³-hybridized carbons (Fsp3) is 0.688. The Bertz CT molecular complexity index is 477. The van der Waals surface area contributed by atoms with Crippen LogP contribution in [0.4, 0.5) is 0 Å². The van der Waals surface area contributed by atoms with Crippen LogP contribution in [0.2, 0.25) is 0 Å². The summed E-state index contributed by atoms with van der Waals surface area (Å²) in [6.07, 6.45) is 2.01. The first kappa shape index (κ1) is 15.1. The van der Waals surface area contributed by atoms with Gasteiger partial charge in [-0.3, -0.25) is 4.79 Å². The fourth-order valence-corrected chi connectivity index (χ4v) is 2.61. The van der Waals surface area contributed by atoms with Gasteiger partial charge in [-0.25, -0.2) is 0 Å². The van der Waals surface area contributed by atoms with E-state index in [1.165, 1.54) is 0 Å². The summed E-state index contributed by atoms with van der Waals surface area (Å²) in [5.74, 6) is 2.25. The summed E-state index contributed by atoms with van der Waals surface area (Å²) in [5, 5.41) is 0. The number of nitrogens with two attached hydrogens (primary N) is 1. The molecule has 0 saturated carbocycles. The molecule has 1 amide bonds. The first-order chi connectivity index (χ1) is 9.32. The number of aryl methyl sites for hydroxylation is 1. The molecule has 1 aliphatic heterocycles. The molecule has 1 fully saturated rings. The average molecular weight is 278 g/mol. The van der Waals surface area contributed by atoms with Crippen molar-refractivity contribution in [2.75, 3.05) is 19.6 Å². The van der Waals surface area contributed by atoms with Crippen LogP contribution in [0.15, 0.2) is 10.5 Å². The van der Waals surface area contributed by atoms with Gasteiger partial charge in [0.2, 0.25) is 0 Å². The Morgan fingerprint density at radius 1 is 1.40 bits per heavy atom. The van der Waals surface area contributed by atoms with E-state index in [0.717, 1.165) is 44.0 Å². The SMILES string of the molecule is Cc1oc(C(C)(C)C)cc1C(=O)N1CCC(CN)CC1. The summed E-state index contributed by atoms with van der Waals surface area (Å²) in [7, 11) is 0. The Hall–Kier alpha value is -1.29. The van der Waals surface area contributed by atoms with Crippen LogP contribution in [-0.2, 0) is 5.41 Å². The lowest BCUT2D eigenvalue weighted by molar-refractivity contribution is 0.0691. The van der Waals surface area contributed by atoms with Crippen molar-refractivity contribution in [1.82, 2.24) is 4.90 Å². The molecular weight excluding hydrogens is 252 g/mol. The highest BCUT2D eigenvalue weighted by atomic mass is 16.3. The maximum atomic E-state index is 12.6. The van der Waals surface area contributed by atoms with Gasteiger partial charge in [0, 0.05) is 18.5 Å². The fourth-order valence-electron chi connectivity index (χ4n) is 2.61. The van der Waals surface area contributed by atoms with Crippen molar-refractivity contribution in [1.29, 1.82) is 0 Å². The minimum Gasteiger partial charge on any atom is -0.465 e. The third-order valence-electron chi connectivity index (χ3n) is 4.12. The number of likely N-dealkylation sites (tertiary alicyclic amines) is 1. The van der Waals surface area contributed by atoms with E-state index < -0.39 is 0 Å². The van der Waals surface area contributed by atoms with Crippen molar-refractivity contribution >= 4 is 5.91 Å². The maximum Gasteiger partial charge on any atom is 0.257 e. The van der Waals surface area contributed by atoms with Crippen LogP contribution in [0.5, 0.6) is 0 Å². The number of rotatable bonds is 2. The van der Waals surface area contributed by atoms with Crippen LogP contribution in [-0.4, -0.2) is 30.4 Å². The molecule has 112 valence electrons. The van der Waals surface area contributed by atoms with Gasteiger partial charge < -0.3 is 15.1 Å². The van der Waals surface area contributed by atoms with Crippen molar-refractivity contribution < 1.29 is 9.21 Å². The van der Waals surface area contributed by atoms with E-state index >= 15 is 0 Å². The number of furan rings is 1. The molecule has 2 rings (SSSR count). The maximum absolute atomic E-state index is 12.6. The molecule has 0 atom stereocenters. The zero-order valence-corrected chi connectivity index (χ0v) is 13.0. The minimum absolute atomic E-state index is 0.0736. The first-order valence-electron chi connectivity index (χ1n) is 7.43. The van der Waals surface area contributed by atoms with Crippen molar-refractivity contribution in [2.24, 2.45) is 11.7 Å². The second kappa shape index (κ2) is 5.60. The number of carbonyl (C=O) groups excluding carboxylic acids is 1. The van der Waals surface area contributed by atoms with E-state index in [2.05, 4.69) is 20.8 Å². The Kier molecular flexibility index (Phi) is 4.23. The molecule has 4 heteroatoms. The molecule has 0 bridgehead atoms.